The van der Waals surface area contributed by atoms with Gasteiger partial charge in [-0.2, -0.15) is 13.2 Å². The Kier molecular flexibility index (Phi) is 3.51. The quantitative estimate of drug-likeness (QED) is 0.790. The first-order valence-corrected chi connectivity index (χ1v) is 6.42. The summed E-state index contributed by atoms with van der Waals surface area (Å²) < 4.78 is 43.4. The number of hydrogen-bond donors (Lipinski definition) is 1. The van der Waals surface area contributed by atoms with E-state index in [2.05, 4.69) is 4.98 Å². The lowest BCUT2D eigenvalue weighted by atomic mass is 10.1. The molecule has 0 bridgehead atoms. The second-order valence-corrected chi connectivity index (χ2v) is 5.89. The monoisotopic (exact) mass is 299 g/mol. The molecule has 1 aromatic carbocycles. The number of rotatable bonds is 1. The first-order valence-electron chi connectivity index (χ1n) is 6.42. The van der Waals surface area contributed by atoms with E-state index < -0.39 is 23.3 Å². The minimum atomic E-state index is -4.41. The van der Waals surface area contributed by atoms with Gasteiger partial charge in [-0.1, -0.05) is 0 Å². The summed E-state index contributed by atoms with van der Waals surface area (Å²) in [6, 6.07) is 3.34. The Balaban J connectivity index is 2.49. The van der Waals surface area contributed by atoms with Crippen LogP contribution < -0.4 is 0 Å². The highest BCUT2D eigenvalue weighted by molar-refractivity contribution is 5.98. The Labute approximate surface area is 120 Å². The predicted molar refractivity (Wildman–Crippen MR) is 73.2 cm³/mol. The largest absolute Gasteiger partial charge is 0.455 e. The maximum atomic E-state index is 12.7. The summed E-state index contributed by atoms with van der Waals surface area (Å²) in [5, 5.41) is 0.366. The number of halogens is 3. The van der Waals surface area contributed by atoms with Crippen LogP contribution in [0.15, 0.2) is 18.2 Å². The molecule has 0 fully saturated rings. The molecule has 1 heterocycles. The highest BCUT2D eigenvalue weighted by Gasteiger charge is 2.31. The van der Waals surface area contributed by atoms with Crippen LogP contribution in [0.25, 0.3) is 10.9 Å². The summed E-state index contributed by atoms with van der Waals surface area (Å²) >= 11 is 0. The van der Waals surface area contributed by atoms with E-state index in [4.69, 9.17) is 4.74 Å². The second-order valence-electron chi connectivity index (χ2n) is 5.89. The van der Waals surface area contributed by atoms with E-state index in [1.807, 2.05) is 0 Å². The molecule has 6 heteroatoms. The second kappa shape index (κ2) is 4.79. The van der Waals surface area contributed by atoms with E-state index in [1.165, 1.54) is 6.07 Å². The van der Waals surface area contributed by atoms with Gasteiger partial charge in [0.05, 0.1) is 5.56 Å². The summed E-state index contributed by atoms with van der Waals surface area (Å²) in [7, 11) is 0. The lowest BCUT2D eigenvalue weighted by molar-refractivity contribution is -0.137. The molecule has 0 aliphatic rings. The Morgan fingerprint density at radius 3 is 2.33 bits per heavy atom. The Hall–Kier alpha value is -1.98. The van der Waals surface area contributed by atoms with Gasteiger partial charge in [0, 0.05) is 10.9 Å². The fraction of sp³-hybridized carbons (Fsp3) is 0.400. The number of H-pyrrole nitrogens is 1. The summed E-state index contributed by atoms with van der Waals surface area (Å²) in [5.41, 5.74) is -0.309. The van der Waals surface area contributed by atoms with Gasteiger partial charge in [0.2, 0.25) is 0 Å². The van der Waals surface area contributed by atoms with E-state index in [1.54, 1.807) is 27.7 Å². The Bertz CT molecular complexity index is 693. The fourth-order valence-electron chi connectivity index (χ4n) is 2.04. The molecule has 0 aliphatic carbocycles. The third-order valence-corrected chi connectivity index (χ3v) is 2.99. The Morgan fingerprint density at radius 1 is 1.19 bits per heavy atom. The first kappa shape index (κ1) is 15.4. The SMILES string of the molecule is Cc1c(C(=O)OC(C)(C)C)[nH]c2ccc(C(F)(F)F)cc12. The molecule has 0 unspecified atom stereocenters. The van der Waals surface area contributed by atoms with Gasteiger partial charge < -0.3 is 9.72 Å². The van der Waals surface area contributed by atoms with Crippen LogP contribution in [0.4, 0.5) is 13.2 Å². The van der Waals surface area contributed by atoms with E-state index >= 15 is 0 Å². The van der Waals surface area contributed by atoms with Crippen molar-refractivity contribution in [2.24, 2.45) is 0 Å². The van der Waals surface area contributed by atoms with Crippen molar-refractivity contribution in [1.29, 1.82) is 0 Å². The minimum Gasteiger partial charge on any atom is -0.455 e. The molecule has 0 aliphatic heterocycles. The minimum absolute atomic E-state index is 0.180. The predicted octanol–water partition coefficient (Wildman–Crippen LogP) is 4.45. The molecule has 0 spiro atoms. The van der Waals surface area contributed by atoms with Crippen LogP contribution in [0.1, 0.15) is 42.4 Å². The van der Waals surface area contributed by atoms with Gasteiger partial charge in [-0.25, -0.2) is 4.79 Å². The van der Waals surface area contributed by atoms with E-state index in [0.29, 0.717) is 16.5 Å². The molecular formula is C15H16F3NO2. The van der Waals surface area contributed by atoms with Crippen LogP contribution in [0, 0.1) is 6.92 Å². The number of alkyl halides is 3. The van der Waals surface area contributed by atoms with Crippen molar-refractivity contribution in [3.63, 3.8) is 0 Å². The zero-order valence-electron chi connectivity index (χ0n) is 12.2. The molecule has 0 radical (unpaired) electrons. The zero-order chi connectivity index (χ0) is 16.0. The molecule has 2 aromatic rings. The number of carbonyl (C=O) groups is 1. The molecule has 0 saturated carbocycles. The van der Waals surface area contributed by atoms with Crippen molar-refractivity contribution < 1.29 is 22.7 Å². The zero-order valence-corrected chi connectivity index (χ0v) is 12.2. The van der Waals surface area contributed by atoms with Crippen molar-refractivity contribution in [3.8, 4) is 0 Å². The maximum Gasteiger partial charge on any atom is 0.416 e. The maximum absolute atomic E-state index is 12.7. The number of carbonyl (C=O) groups excluding carboxylic acids is 1. The van der Waals surface area contributed by atoms with Gasteiger partial charge in [-0.15, -0.1) is 0 Å². The smallest absolute Gasteiger partial charge is 0.416 e. The van der Waals surface area contributed by atoms with Crippen molar-refractivity contribution in [2.75, 3.05) is 0 Å². The number of fused-ring (bicyclic) bond motifs is 1. The molecule has 3 nitrogen and oxygen atoms in total. The van der Waals surface area contributed by atoms with Gasteiger partial charge >= 0.3 is 12.1 Å². The van der Waals surface area contributed by atoms with Crippen molar-refractivity contribution in [1.82, 2.24) is 4.98 Å². The molecule has 114 valence electrons. The molecular weight excluding hydrogens is 283 g/mol. The van der Waals surface area contributed by atoms with Gasteiger partial charge in [-0.3, -0.25) is 0 Å². The number of aryl methyl sites for hydroxylation is 1. The lowest BCUT2D eigenvalue weighted by Gasteiger charge is -2.19. The van der Waals surface area contributed by atoms with Crippen molar-refractivity contribution in [2.45, 2.75) is 39.5 Å². The topological polar surface area (TPSA) is 42.1 Å². The number of benzene rings is 1. The fourth-order valence-corrected chi connectivity index (χ4v) is 2.04. The molecule has 0 saturated heterocycles. The molecule has 1 N–H and O–H groups in total. The number of ether oxygens (including phenoxy) is 1. The number of nitrogens with one attached hydrogen (secondary N) is 1. The van der Waals surface area contributed by atoms with Crippen LogP contribution >= 0.6 is 0 Å². The summed E-state index contributed by atoms with van der Waals surface area (Å²) in [6.07, 6.45) is -4.41. The summed E-state index contributed by atoms with van der Waals surface area (Å²) in [4.78, 5) is 14.9. The average molecular weight is 299 g/mol. The van der Waals surface area contributed by atoms with Gasteiger partial charge in [0.1, 0.15) is 11.3 Å². The van der Waals surface area contributed by atoms with Gasteiger partial charge in [0.25, 0.3) is 0 Å². The normalized spacial score (nSPS) is 12.7. The van der Waals surface area contributed by atoms with Crippen LogP contribution in [0.2, 0.25) is 0 Å². The van der Waals surface area contributed by atoms with Crippen molar-refractivity contribution >= 4 is 16.9 Å². The number of esters is 1. The number of aromatic nitrogens is 1. The number of aromatic amines is 1. The van der Waals surface area contributed by atoms with Gasteiger partial charge in [0.15, 0.2) is 0 Å². The standard InChI is InChI=1S/C15H16F3NO2/c1-8-10-7-9(15(16,17)18)5-6-11(10)19-12(8)13(20)21-14(2,3)4/h5-7,19H,1-4H3. The molecule has 1 aromatic heterocycles. The molecule has 2 rings (SSSR count). The van der Waals surface area contributed by atoms with Crippen molar-refractivity contribution in [3.05, 3.63) is 35.0 Å². The molecule has 0 amide bonds. The summed E-state index contributed by atoms with van der Waals surface area (Å²) in [6.45, 7) is 6.78. The van der Waals surface area contributed by atoms with Crippen LogP contribution in [0.3, 0.4) is 0 Å². The van der Waals surface area contributed by atoms with Crippen LogP contribution in [0.5, 0.6) is 0 Å². The third-order valence-electron chi connectivity index (χ3n) is 2.99. The number of hydrogen-bond acceptors (Lipinski definition) is 2. The first-order chi connectivity index (χ1) is 9.49. The Morgan fingerprint density at radius 2 is 1.81 bits per heavy atom. The van der Waals surface area contributed by atoms with Crippen LogP contribution in [-0.2, 0) is 10.9 Å². The highest BCUT2D eigenvalue weighted by atomic mass is 19.4. The van der Waals surface area contributed by atoms with Gasteiger partial charge in [-0.05, 0) is 51.5 Å². The van der Waals surface area contributed by atoms with Crippen LogP contribution in [-0.4, -0.2) is 16.6 Å². The highest BCUT2D eigenvalue weighted by Crippen LogP contribution is 2.33. The van der Waals surface area contributed by atoms with E-state index in [9.17, 15) is 18.0 Å². The summed E-state index contributed by atoms with van der Waals surface area (Å²) in [5.74, 6) is -0.579. The van der Waals surface area contributed by atoms with E-state index in [-0.39, 0.29) is 5.69 Å². The molecule has 0 atom stereocenters. The molecule has 21 heavy (non-hydrogen) atoms. The lowest BCUT2D eigenvalue weighted by Crippen LogP contribution is -2.24. The average Bonchev–Trinajstić information content (AvgIpc) is 2.63. The third kappa shape index (κ3) is 3.20. The van der Waals surface area contributed by atoms with E-state index in [0.717, 1.165) is 12.1 Å².